The van der Waals surface area contributed by atoms with Crippen molar-refractivity contribution in [2.24, 2.45) is 0 Å². The van der Waals surface area contributed by atoms with Crippen LogP contribution in [0.3, 0.4) is 0 Å². The second kappa shape index (κ2) is 5.99. The Morgan fingerprint density at radius 1 is 1.47 bits per heavy atom. The van der Waals surface area contributed by atoms with Gasteiger partial charge in [0.1, 0.15) is 18.7 Å². The van der Waals surface area contributed by atoms with Crippen LogP contribution in [0.5, 0.6) is 5.75 Å². The Hall–Kier alpha value is -2.37. The van der Waals surface area contributed by atoms with Crippen molar-refractivity contribution in [2.75, 3.05) is 0 Å². The fourth-order valence-corrected chi connectivity index (χ4v) is 1.67. The summed E-state index contributed by atoms with van der Waals surface area (Å²) in [5, 5.41) is 13.0. The number of aryl methyl sites for hydroxylation is 1. The average Bonchev–Trinajstić information content (AvgIpc) is 2.85. The molecular weight excluding hydrogens is 246 g/mol. The van der Waals surface area contributed by atoms with Gasteiger partial charge in [0.2, 0.25) is 0 Å². The average molecular weight is 261 g/mol. The summed E-state index contributed by atoms with van der Waals surface area (Å²) in [6.07, 6.45) is 2.45. The molecule has 0 atom stereocenters. The topological polar surface area (TPSA) is 77.2 Å². The lowest BCUT2D eigenvalue weighted by Gasteiger charge is -2.07. The molecule has 1 aromatic heterocycles. The molecule has 2 rings (SSSR count). The number of carbonyl (C=O) groups is 1. The summed E-state index contributed by atoms with van der Waals surface area (Å²) in [6, 6.07) is 6.38. The summed E-state index contributed by atoms with van der Waals surface area (Å²) in [4.78, 5) is 15.0. The molecule has 100 valence electrons. The van der Waals surface area contributed by atoms with Gasteiger partial charge in [0.05, 0.1) is 5.56 Å². The predicted octanol–water partition coefficient (Wildman–Crippen LogP) is 1.97. The number of benzene rings is 1. The summed E-state index contributed by atoms with van der Waals surface area (Å²) in [5.74, 6) is 0.258. The molecule has 19 heavy (non-hydrogen) atoms. The normalized spacial score (nSPS) is 10.4. The van der Waals surface area contributed by atoms with E-state index in [0.717, 1.165) is 18.8 Å². The first-order chi connectivity index (χ1) is 9.20. The van der Waals surface area contributed by atoms with E-state index in [1.54, 1.807) is 16.8 Å². The van der Waals surface area contributed by atoms with Crippen LogP contribution in [-0.2, 0) is 13.2 Å². The van der Waals surface area contributed by atoms with E-state index in [2.05, 4.69) is 17.0 Å². The maximum atomic E-state index is 10.8. The molecule has 0 bridgehead atoms. The fourth-order valence-electron chi connectivity index (χ4n) is 1.67. The molecular formula is C13H15N3O3. The van der Waals surface area contributed by atoms with Crippen LogP contribution < -0.4 is 4.74 Å². The fraction of sp³-hybridized carbons (Fsp3) is 0.308. The van der Waals surface area contributed by atoms with Crippen LogP contribution in [0.25, 0.3) is 0 Å². The number of ether oxygens (including phenoxy) is 1. The number of aromatic carboxylic acids is 1. The Bertz CT molecular complexity index is 566. The highest BCUT2D eigenvalue weighted by molar-refractivity contribution is 5.87. The minimum absolute atomic E-state index is 0.201. The van der Waals surface area contributed by atoms with E-state index in [9.17, 15) is 4.79 Å². The van der Waals surface area contributed by atoms with Crippen molar-refractivity contribution >= 4 is 5.97 Å². The largest absolute Gasteiger partial charge is 0.486 e. The number of hydrogen-bond donors (Lipinski definition) is 1. The van der Waals surface area contributed by atoms with Crippen molar-refractivity contribution in [1.82, 2.24) is 14.8 Å². The van der Waals surface area contributed by atoms with Gasteiger partial charge in [0.15, 0.2) is 5.82 Å². The first-order valence-electron chi connectivity index (χ1n) is 6.03. The smallest absolute Gasteiger partial charge is 0.335 e. The first-order valence-corrected chi connectivity index (χ1v) is 6.03. The number of carboxylic acids is 1. The molecule has 0 aliphatic rings. The molecule has 0 spiro atoms. The van der Waals surface area contributed by atoms with Crippen LogP contribution in [0, 0.1) is 0 Å². The molecule has 6 heteroatoms. The Morgan fingerprint density at radius 3 is 3.05 bits per heavy atom. The number of carboxylic acid groups (broad SMARTS) is 1. The molecule has 2 aromatic rings. The molecule has 0 saturated heterocycles. The summed E-state index contributed by atoms with van der Waals surface area (Å²) < 4.78 is 7.32. The molecule has 1 N–H and O–H groups in total. The quantitative estimate of drug-likeness (QED) is 0.860. The molecule has 0 radical (unpaired) electrons. The van der Waals surface area contributed by atoms with Crippen molar-refractivity contribution in [3.05, 3.63) is 42.0 Å². The SMILES string of the molecule is CCCn1ncnc1COc1cccc(C(=O)O)c1. The van der Waals surface area contributed by atoms with Gasteiger partial charge in [0.25, 0.3) is 0 Å². The monoisotopic (exact) mass is 261 g/mol. The Balaban J connectivity index is 2.04. The first kappa shape index (κ1) is 13.1. The maximum absolute atomic E-state index is 10.8. The predicted molar refractivity (Wildman–Crippen MR) is 68.0 cm³/mol. The van der Waals surface area contributed by atoms with Gasteiger partial charge in [-0.15, -0.1) is 0 Å². The van der Waals surface area contributed by atoms with Gasteiger partial charge in [-0.05, 0) is 24.6 Å². The molecule has 1 heterocycles. The van der Waals surface area contributed by atoms with Crippen LogP contribution in [0.15, 0.2) is 30.6 Å². The van der Waals surface area contributed by atoms with Gasteiger partial charge in [-0.2, -0.15) is 5.10 Å². The van der Waals surface area contributed by atoms with Gasteiger partial charge in [-0.25, -0.2) is 14.5 Å². The van der Waals surface area contributed by atoms with E-state index in [4.69, 9.17) is 9.84 Å². The van der Waals surface area contributed by atoms with Gasteiger partial charge in [-0.1, -0.05) is 13.0 Å². The van der Waals surface area contributed by atoms with E-state index in [0.29, 0.717) is 5.75 Å². The molecule has 0 unspecified atom stereocenters. The van der Waals surface area contributed by atoms with Crippen molar-refractivity contribution in [1.29, 1.82) is 0 Å². The lowest BCUT2D eigenvalue weighted by molar-refractivity contribution is 0.0696. The van der Waals surface area contributed by atoms with Crippen molar-refractivity contribution in [3.63, 3.8) is 0 Å². The zero-order valence-corrected chi connectivity index (χ0v) is 10.6. The second-order valence-electron chi connectivity index (χ2n) is 4.02. The Labute approximate surface area is 110 Å². The number of aromatic nitrogens is 3. The molecule has 0 aliphatic heterocycles. The van der Waals surface area contributed by atoms with E-state index < -0.39 is 5.97 Å². The highest BCUT2D eigenvalue weighted by atomic mass is 16.5. The van der Waals surface area contributed by atoms with E-state index >= 15 is 0 Å². The molecule has 0 aliphatic carbocycles. The van der Waals surface area contributed by atoms with Crippen molar-refractivity contribution in [2.45, 2.75) is 26.5 Å². The third-order valence-electron chi connectivity index (χ3n) is 2.58. The lowest BCUT2D eigenvalue weighted by Crippen LogP contribution is -2.08. The lowest BCUT2D eigenvalue weighted by atomic mass is 10.2. The Morgan fingerprint density at radius 2 is 2.32 bits per heavy atom. The van der Waals surface area contributed by atoms with Crippen LogP contribution in [-0.4, -0.2) is 25.8 Å². The molecule has 1 aromatic carbocycles. The van der Waals surface area contributed by atoms with Gasteiger partial charge in [-0.3, -0.25) is 0 Å². The summed E-state index contributed by atoms with van der Waals surface area (Å²) in [5.41, 5.74) is 0.201. The third-order valence-corrected chi connectivity index (χ3v) is 2.58. The number of rotatable bonds is 6. The van der Waals surface area contributed by atoms with Gasteiger partial charge >= 0.3 is 5.97 Å². The van der Waals surface area contributed by atoms with Gasteiger partial charge < -0.3 is 9.84 Å². The highest BCUT2D eigenvalue weighted by Gasteiger charge is 2.07. The summed E-state index contributed by atoms with van der Waals surface area (Å²) >= 11 is 0. The third kappa shape index (κ3) is 3.31. The molecule has 0 saturated carbocycles. The van der Waals surface area contributed by atoms with Crippen LogP contribution in [0.4, 0.5) is 0 Å². The van der Waals surface area contributed by atoms with Crippen molar-refractivity contribution < 1.29 is 14.6 Å². The van der Waals surface area contributed by atoms with Crippen LogP contribution >= 0.6 is 0 Å². The molecule has 0 amide bonds. The number of hydrogen-bond acceptors (Lipinski definition) is 4. The van der Waals surface area contributed by atoms with E-state index in [-0.39, 0.29) is 12.2 Å². The molecule has 0 fully saturated rings. The highest BCUT2D eigenvalue weighted by Crippen LogP contribution is 2.14. The Kier molecular flexibility index (Phi) is 4.12. The summed E-state index contributed by atoms with van der Waals surface area (Å²) in [7, 11) is 0. The van der Waals surface area contributed by atoms with E-state index in [1.165, 1.54) is 18.5 Å². The van der Waals surface area contributed by atoms with E-state index in [1.807, 2.05) is 0 Å². The standard InChI is InChI=1S/C13H15N3O3/c1-2-6-16-12(14-9-15-16)8-19-11-5-3-4-10(7-11)13(17)18/h3-5,7,9H,2,6,8H2,1H3,(H,17,18). The second-order valence-corrected chi connectivity index (χ2v) is 4.02. The summed E-state index contributed by atoms with van der Waals surface area (Å²) in [6.45, 7) is 3.11. The zero-order chi connectivity index (χ0) is 13.7. The zero-order valence-electron chi connectivity index (χ0n) is 10.6. The van der Waals surface area contributed by atoms with Crippen LogP contribution in [0.2, 0.25) is 0 Å². The number of nitrogens with zero attached hydrogens (tertiary/aromatic N) is 3. The van der Waals surface area contributed by atoms with Crippen molar-refractivity contribution in [3.8, 4) is 5.75 Å². The van der Waals surface area contributed by atoms with Gasteiger partial charge in [0, 0.05) is 6.54 Å². The van der Waals surface area contributed by atoms with Crippen LogP contribution in [0.1, 0.15) is 29.5 Å². The molecule has 6 nitrogen and oxygen atoms in total. The minimum atomic E-state index is -0.973. The minimum Gasteiger partial charge on any atom is -0.486 e. The maximum Gasteiger partial charge on any atom is 0.335 e.